The van der Waals surface area contributed by atoms with E-state index in [9.17, 15) is 4.79 Å². The molecule has 0 aliphatic carbocycles. The minimum absolute atomic E-state index is 0.0960. The van der Waals surface area contributed by atoms with Gasteiger partial charge < -0.3 is 10.3 Å². The first-order valence-electron chi connectivity index (χ1n) is 6.32. The molecule has 5 heteroatoms. The first-order chi connectivity index (χ1) is 9.52. The lowest BCUT2D eigenvalue weighted by atomic mass is 10.1. The Balaban J connectivity index is 2.36. The molecule has 1 amide bonds. The van der Waals surface area contributed by atoms with Gasteiger partial charge in [0.05, 0.1) is 0 Å². The van der Waals surface area contributed by atoms with E-state index in [2.05, 4.69) is 10.4 Å². The number of hydrogen-bond donors (Lipinski definition) is 2. The van der Waals surface area contributed by atoms with Crippen molar-refractivity contribution < 1.29 is 4.79 Å². The molecule has 0 atom stereocenters. The summed E-state index contributed by atoms with van der Waals surface area (Å²) < 4.78 is 0. The van der Waals surface area contributed by atoms with Crippen LogP contribution in [0.2, 0.25) is 0 Å². The summed E-state index contributed by atoms with van der Waals surface area (Å²) in [5.41, 5.74) is 5.69. The number of nitrogens with one attached hydrogen (secondary N) is 1. The third kappa shape index (κ3) is 2.78. The van der Waals surface area contributed by atoms with Gasteiger partial charge in [-0.1, -0.05) is 18.2 Å². The number of amides is 1. The van der Waals surface area contributed by atoms with Gasteiger partial charge in [-0.05, 0) is 37.6 Å². The Kier molecular flexibility index (Phi) is 4.00. The Morgan fingerprint density at radius 1 is 1.25 bits per heavy atom. The summed E-state index contributed by atoms with van der Waals surface area (Å²) in [5, 5.41) is 0. The van der Waals surface area contributed by atoms with E-state index in [-0.39, 0.29) is 5.91 Å². The summed E-state index contributed by atoms with van der Waals surface area (Å²) in [6.07, 6.45) is 0. The molecular formula is C15H18N4O. The van der Waals surface area contributed by atoms with E-state index in [1.54, 1.807) is 24.1 Å². The smallest absolute Gasteiger partial charge is 0.258 e. The quantitative estimate of drug-likeness (QED) is 0.663. The number of para-hydroxylation sites is 1. The molecule has 0 saturated carbocycles. The SMILES string of the molecule is Cc1cc(C(=O)N(C)c2ccccc2C)cc(NN)n1. The number of pyridine rings is 1. The average Bonchev–Trinajstić information content (AvgIpc) is 2.45. The average molecular weight is 270 g/mol. The largest absolute Gasteiger partial charge is 0.311 e. The number of anilines is 2. The maximum absolute atomic E-state index is 12.5. The van der Waals surface area contributed by atoms with Crippen LogP contribution in [0, 0.1) is 13.8 Å². The number of nitrogens with zero attached hydrogens (tertiary/aromatic N) is 2. The lowest BCUT2D eigenvalue weighted by Crippen LogP contribution is -2.27. The number of nitrogen functional groups attached to an aromatic ring is 1. The molecule has 1 aromatic carbocycles. The van der Waals surface area contributed by atoms with Crippen molar-refractivity contribution in [1.82, 2.24) is 4.98 Å². The van der Waals surface area contributed by atoms with Crippen LogP contribution < -0.4 is 16.2 Å². The molecule has 20 heavy (non-hydrogen) atoms. The van der Waals surface area contributed by atoms with Gasteiger partial charge in [-0.2, -0.15) is 0 Å². The van der Waals surface area contributed by atoms with Gasteiger partial charge in [0.15, 0.2) is 0 Å². The fourth-order valence-electron chi connectivity index (χ4n) is 2.11. The second kappa shape index (κ2) is 5.71. The molecule has 0 radical (unpaired) electrons. The zero-order valence-corrected chi connectivity index (χ0v) is 11.8. The van der Waals surface area contributed by atoms with E-state index in [0.29, 0.717) is 11.4 Å². The van der Waals surface area contributed by atoms with Gasteiger partial charge in [0, 0.05) is 24.0 Å². The van der Waals surface area contributed by atoms with Crippen molar-refractivity contribution in [2.24, 2.45) is 5.84 Å². The van der Waals surface area contributed by atoms with Gasteiger partial charge in [0.2, 0.25) is 0 Å². The number of hydrazine groups is 1. The topological polar surface area (TPSA) is 71.2 Å². The summed E-state index contributed by atoms with van der Waals surface area (Å²) in [4.78, 5) is 18.4. The fraction of sp³-hybridized carbons (Fsp3) is 0.200. The van der Waals surface area contributed by atoms with Crippen LogP contribution in [0.3, 0.4) is 0 Å². The zero-order valence-electron chi connectivity index (χ0n) is 11.8. The normalized spacial score (nSPS) is 10.2. The number of carbonyl (C=O) groups is 1. The zero-order chi connectivity index (χ0) is 14.7. The van der Waals surface area contributed by atoms with Crippen LogP contribution >= 0.6 is 0 Å². The molecule has 0 fully saturated rings. The molecule has 0 saturated heterocycles. The number of rotatable bonds is 3. The molecule has 104 valence electrons. The minimum Gasteiger partial charge on any atom is -0.311 e. The van der Waals surface area contributed by atoms with Crippen LogP contribution in [0.1, 0.15) is 21.6 Å². The van der Waals surface area contributed by atoms with E-state index in [1.165, 1.54) is 0 Å². The van der Waals surface area contributed by atoms with Crippen molar-refractivity contribution in [3.8, 4) is 0 Å². The Labute approximate surface area is 118 Å². The van der Waals surface area contributed by atoms with Gasteiger partial charge in [-0.25, -0.2) is 10.8 Å². The highest BCUT2D eigenvalue weighted by atomic mass is 16.2. The highest BCUT2D eigenvalue weighted by molar-refractivity contribution is 6.06. The first-order valence-corrected chi connectivity index (χ1v) is 6.32. The van der Waals surface area contributed by atoms with Crippen molar-refractivity contribution in [2.75, 3.05) is 17.4 Å². The molecule has 3 N–H and O–H groups in total. The van der Waals surface area contributed by atoms with Crippen LogP contribution in [0.4, 0.5) is 11.5 Å². The van der Waals surface area contributed by atoms with Crippen molar-refractivity contribution in [3.05, 3.63) is 53.2 Å². The highest BCUT2D eigenvalue weighted by Crippen LogP contribution is 2.21. The van der Waals surface area contributed by atoms with Gasteiger partial charge in [0.1, 0.15) is 5.82 Å². The molecule has 1 heterocycles. The van der Waals surface area contributed by atoms with Gasteiger partial charge >= 0.3 is 0 Å². The van der Waals surface area contributed by atoms with Crippen molar-refractivity contribution in [1.29, 1.82) is 0 Å². The Bertz CT molecular complexity index is 640. The number of carbonyl (C=O) groups excluding carboxylic acids is 1. The number of nitrogens with two attached hydrogens (primary N) is 1. The van der Waals surface area contributed by atoms with E-state index < -0.39 is 0 Å². The number of benzene rings is 1. The third-order valence-electron chi connectivity index (χ3n) is 3.13. The van der Waals surface area contributed by atoms with Crippen molar-refractivity contribution >= 4 is 17.4 Å². The molecule has 2 aromatic rings. The molecule has 5 nitrogen and oxygen atoms in total. The monoisotopic (exact) mass is 270 g/mol. The molecule has 2 rings (SSSR count). The summed E-state index contributed by atoms with van der Waals surface area (Å²) in [6.45, 7) is 3.80. The number of aromatic nitrogens is 1. The number of hydrogen-bond acceptors (Lipinski definition) is 4. The second-order valence-electron chi connectivity index (χ2n) is 4.68. The van der Waals surface area contributed by atoms with Crippen LogP contribution in [0.15, 0.2) is 36.4 Å². The van der Waals surface area contributed by atoms with Gasteiger partial charge in [-0.3, -0.25) is 4.79 Å². The van der Waals surface area contributed by atoms with Crippen molar-refractivity contribution in [2.45, 2.75) is 13.8 Å². The fourth-order valence-corrected chi connectivity index (χ4v) is 2.11. The van der Waals surface area contributed by atoms with Crippen molar-refractivity contribution in [3.63, 3.8) is 0 Å². The van der Waals surface area contributed by atoms with Crippen LogP contribution in [0.25, 0.3) is 0 Å². The lowest BCUT2D eigenvalue weighted by Gasteiger charge is -2.20. The summed E-state index contributed by atoms with van der Waals surface area (Å²) in [7, 11) is 1.76. The van der Waals surface area contributed by atoms with Gasteiger partial charge in [0.25, 0.3) is 5.91 Å². The van der Waals surface area contributed by atoms with Crippen LogP contribution in [-0.2, 0) is 0 Å². The molecule has 0 spiro atoms. The molecule has 0 bridgehead atoms. The van der Waals surface area contributed by atoms with Crippen LogP contribution in [0.5, 0.6) is 0 Å². The molecular weight excluding hydrogens is 252 g/mol. The van der Waals surface area contributed by atoms with Gasteiger partial charge in [-0.15, -0.1) is 0 Å². The Morgan fingerprint density at radius 2 is 1.95 bits per heavy atom. The first kappa shape index (κ1) is 14.0. The van der Waals surface area contributed by atoms with E-state index >= 15 is 0 Å². The second-order valence-corrected chi connectivity index (χ2v) is 4.68. The molecule has 0 aliphatic rings. The summed E-state index contributed by atoms with van der Waals surface area (Å²) >= 11 is 0. The predicted molar refractivity (Wildman–Crippen MR) is 80.7 cm³/mol. The van der Waals surface area contributed by atoms with Crippen LogP contribution in [-0.4, -0.2) is 17.9 Å². The molecule has 0 aliphatic heterocycles. The highest BCUT2D eigenvalue weighted by Gasteiger charge is 2.16. The number of aryl methyl sites for hydroxylation is 2. The van der Waals surface area contributed by atoms with E-state index in [0.717, 1.165) is 16.9 Å². The van der Waals surface area contributed by atoms with E-state index in [4.69, 9.17) is 5.84 Å². The summed E-state index contributed by atoms with van der Waals surface area (Å²) in [5.74, 6) is 5.74. The Hall–Kier alpha value is -2.40. The third-order valence-corrected chi connectivity index (χ3v) is 3.13. The predicted octanol–water partition coefficient (Wildman–Crippen LogP) is 2.26. The molecule has 0 unspecified atom stereocenters. The van der Waals surface area contributed by atoms with E-state index in [1.807, 2.05) is 38.1 Å². The Morgan fingerprint density at radius 3 is 2.60 bits per heavy atom. The minimum atomic E-state index is -0.0960. The molecule has 1 aromatic heterocycles. The summed E-state index contributed by atoms with van der Waals surface area (Å²) in [6, 6.07) is 11.1. The maximum Gasteiger partial charge on any atom is 0.258 e. The standard InChI is InChI=1S/C15H18N4O/c1-10-6-4-5-7-13(10)19(3)15(20)12-8-11(2)17-14(9-12)18-16/h4-9H,16H2,1-3H3,(H,17,18). The lowest BCUT2D eigenvalue weighted by molar-refractivity contribution is 0.0992. The maximum atomic E-state index is 12.5.